The summed E-state index contributed by atoms with van der Waals surface area (Å²) >= 11 is 0. The van der Waals surface area contributed by atoms with E-state index >= 15 is 0 Å². The number of furan rings is 1. The predicted molar refractivity (Wildman–Crippen MR) is 86.0 cm³/mol. The number of rotatable bonds is 2. The van der Waals surface area contributed by atoms with Gasteiger partial charge in [-0.05, 0) is 56.5 Å². The highest BCUT2D eigenvalue weighted by Gasteiger charge is 2.30. The summed E-state index contributed by atoms with van der Waals surface area (Å²) in [6, 6.07) is 7.57. The summed E-state index contributed by atoms with van der Waals surface area (Å²) in [7, 11) is 0. The van der Waals surface area contributed by atoms with Crippen LogP contribution in [0.1, 0.15) is 35.2 Å². The first-order valence-electron chi connectivity index (χ1n) is 8.17. The van der Waals surface area contributed by atoms with Crippen LogP contribution < -0.4 is 5.32 Å². The Morgan fingerprint density at radius 3 is 2.96 bits per heavy atom. The molecule has 3 saturated heterocycles. The van der Waals surface area contributed by atoms with Gasteiger partial charge in [-0.25, -0.2) is 0 Å². The van der Waals surface area contributed by atoms with Gasteiger partial charge in [0.2, 0.25) is 0 Å². The highest BCUT2D eigenvalue weighted by atomic mass is 16.3. The molecule has 0 aliphatic carbocycles. The second kappa shape index (κ2) is 5.71. The molecular formula is C18H19N3O2. The number of nitrogens with one attached hydrogen (secondary N) is 1. The van der Waals surface area contributed by atoms with Gasteiger partial charge >= 0.3 is 0 Å². The van der Waals surface area contributed by atoms with E-state index in [1.54, 1.807) is 18.2 Å². The number of piperidine rings is 1. The van der Waals surface area contributed by atoms with Crippen molar-refractivity contribution in [3.8, 4) is 6.07 Å². The van der Waals surface area contributed by atoms with Crippen molar-refractivity contribution in [2.75, 3.05) is 19.6 Å². The van der Waals surface area contributed by atoms with Crippen LogP contribution >= 0.6 is 0 Å². The molecule has 1 unspecified atom stereocenters. The summed E-state index contributed by atoms with van der Waals surface area (Å²) in [5, 5.41) is 13.0. The van der Waals surface area contributed by atoms with Crippen molar-refractivity contribution in [3.05, 3.63) is 35.6 Å². The predicted octanol–water partition coefficient (Wildman–Crippen LogP) is 2.52. The van der Waals surface area contributed by atoms with E-state index in [2.05, 4.69) is 16.3 Å². The molecule has 1 aromatic carbocycles. The standard InChI is InChI=1S/C18H19N3O2/c19-9-14-11-23-17-2-1-13(8-16(14)17)18(22)20-15-7-12-3-5-21(10-15)6-4-12/h1-2,8,11-12,15H,3-7,10H2,(H,20,22). The summed E-state index contributed by atoms with van der Waals surface area (Å²) in [4.78, 5) is 15.0. The maximum Gasteiger partial charge on any atom is 0.251 e. The first kappa shape index (κ1) is 14.3. The Balaban J connectivity index is 1.54. The molecule has 4 heterocycles. The van der Waals surface area contributed by atoms with Gasteiger partial charge in [-0.1, -0.05) is 0 Å². The number of nitrogens with zero attached hydrogens (tertiary/aromatic N) is 2. The quantitative estimate of drug-likeness (QED) is 0.925. The molecule has 3 aliphatic heterocycles. The topological polar surface area (TPSA) is 69.3 Å². The number of amides is 1. The molecule has 3 aliphatic rings. The Bertz CT molecular complexity index is 767. The number of hydrogen-bond acceptors (Lipinski definition) is 4. The maximum atomic E-state index is 12.6. The van der Waals surface area contributed by atoms with Gasteiger partial charge in [-0.3, -0.25) is 4.79 Å². The average molecular weight is 309 g/mol. The minimum Gasteiger partial charge on any atom is -0.463 e. The first-order valence-corrected chi connectivity index (χ1v) is 8.17. The Morgan fingerprint density at radius 1 is 1.35 bits per heavy atom. The molecule has 1 atom stereocenters. The van der Waals surface area contributed by atoms with Gasteiger partial charge in [0, 0.05) is 23.5 Å². The van der Waals surface area contributed by atoms with Crippen LogP contribution in [0.25, 0.3) is 11.0 Å². The van der Waals surface area contributed by atoms with Crippen LogP contribution in [-0.4, -0.2) is 36.5 Å². The second-order valence-corrected chi connectivity index (χ2v) is 6.62. The first-order chi connectivity index (χ1) is 11.2. The summed E-state index contributed by atoms with van der Waals surface area (Å²) < 4.78 is 5.32. The van der Waals surface area contributed by atoms with E-state index in [0.717, 1.165) is 32.0 Å². The maximum absolute atomic E-state index is 12.6. The van der Waals surface area contributed by atoms with Gasteiger partial charge in [0.15, 0.2) is 0 Å². The van der Waals surface area contributed by atoms with E-state index in [1.807, 2.05) is 0 Å². The van der Waals surface area contributed by atoms with Crippen LogP contribution in [0.15, 0.2) is 28.9 Å². The van der Waals surface area contributed by atoms with Gasteiger partial charge in [0.25, 0.3) is 5.91 Å². The second-order valence-electron chi connectivity index (χ2n) is 6.62. The lowest BCUT2D eigenvalue weighted by Gasteiger charge is -2.26. The van der Waals surface area contributed by atoms with E-state index in [9.17, 15) is 4.79 Å². The minimum atomic E-state index is -0.0653. The lowest BCUT2D eigenvalue weighted by atomic mass is 9.94. The molecule has 5 nitrogen and oxygen atoms in total. The van der Waals surface area contributed by atoms with Crippen LogP contribution in [0.5, 0.6) is 0 Å². The normalized spacial score (nSPS) is 26.7. The van der Waals surface area contributed by atoms with Gasteiger partial charge in [-0.2, -0.15) is 5.26 Å². The highest BCUT2D eigenvalue weighted by Crippen LogP contribution is 2.27. The SMILES string of the molecule is N#Cc1coc2ccc(C(=O)NC3CC4CCN(CC4)C3)cc12. The molecule has 0 radical (unpaired) electrons. The highest BCUT2D eigenvalue weighted by molar-refractivity contribution is 5.99. The van der Waals surface area contributed by atoms with E-state index in [1.165, 1.54) is 19.1 Å². The summed E-state index contributed by atoms with van der Waals surface area (Å²) in [6.07, 6.45) is 5.00. The van der Waals surface area contributed by atoms with E-state index in [0.29, 0.717) is 22.1 Å². The van der Waals surface area contributed by atoms with Crippen LogP contribution in [-0.2, 0) is 0 Å². The monoisotopic (exact) mass is 309 g/mol. The third-order valence-corrected chi connectivity index (χ3v) is 5.09. The smallest absolute Gasteiger partial charge is 0.251 e. The van der Waals surface area contributed by atoms with Crippen molar-refractivity contribution < 1.29 is 9.21 Å². The molecule has 5 heteroatoms. The van der Waals surface area contributed by atoms with Crippen LogP contribution in [0, 0.1) is 17.2 Å². The number of fused-ring (bicyclic) bond motifs is 5. The summed E-state index contributed by atoms with van der Waals surface area (Å²) in [5.41, 5.74) is 1.69. The fraction of sp³-hybridized carbons (Fsp3) is 0.444. The average Bonchev–Trinajstić information content (AvgIpc) is 2.76. The molecule has 5 rings (SSSR count). The van der Waals surface area contributed by atoms with E-state index in [-0.39, 0.29) is 11.9 Å². The van der Waals surface area contributed by atoms with Gasteiger partial charge in [-0.15, -0.1) is 0 Å². The van der Waals surface area contributed by atoms with Crippen molar-refractivity contribution in [2.45, 2.75) is 25.3 Å². The number of nitriles is 1. The molecule has 1 amide bonds. The molecule has 1 aromatic heterocycles. The lowest BCUT2D eigenvalue weighted by Crippen LogP contribution is -2.41. The van der Waals surface area contributed by atoms with Gasteiger partial charge in [0.05, 0.1) is 5.56 Å². The van der Waals surface area contributed by atoms with Crippen molar-refractivity contribution in [1.29, 1.82) is 5.26 Å². The van der Waals surface area contributed by atoms with Crippen molar-refractivity contribution in [2.24, 2.45) is 5.92 Å². The van der Waals surface area contributed by atoms with Gasteiger partial charge in [0.1, 0.15) is 17.9 Å². The molecule has 2 aromatic rings. The Hall–Kier alpha value is -2.32. The zero-order valence-electron chi connectivity index (χ0n) is 12.9. The zero-order chi connectivity index (χ0) is 15.8. The van der Waals surface area contributed by atoms with Crippen molar-refractivity contribution in [1.82, 2.24) is 10.2 Å². The third-order valence-electron chi connectivity index (χ3n) is 5.09. The van der Waals surface area contributed by atoms with E-state index in [4.69, 9.17) is 9.68 Å². The third kappa shape index (κ3) is 2.71. The zero-order valence-corrected chi connectivity index (χ0v) is 12.9. The molecule has 3 fully saturated rings. The number of carbonyl (C=O) groups excluding carboxylic acids is 1. The van der Waals surface area contributed by atoms with Gasteiger partial charge < -0.3 is 14.6 Å². The van der Waals surface area contributed by atoms with Crippen LogP contribution in [0.2, 0.25) is 0 Å². The largest absolute Gasteiger partial charge is 0.463 e. The number of benzene rings is 1. The Morgan fingerprint density at radius 2 is 2.17 bits per heavy atom. The number of hydrogen-bond donors (Lipinski definition) is 1. The molecule has 1 N–H and O–H groups in total. The van der Waals surface area contributed by atoms with Crippen LogP contribution in [0.4, 0.5) is 0 Å². The Labute approximate surface area is 134 Å². The Kier molecular flexibility index (Phi) is 3.55. The number of carbonyl (C=O) groups is 1. The molecule has 23 heavy (non-hydrogen) atoms. The van der Waals surface area contributed by atoms with Crippen LogP contribution in [0.3, 0.4) is 0 Å². The fourth-order valence-electron chi connectivity index (χ4n) is 3.82. The lowest BCUT2D eigenvalue weighted by molar-refractivity contribution is 0.0929. The molecule has 0 saturated carbocycles. The van der Waals surface area contributed by atoms with Crippen molar-refractivity contribution >= 4 is 16.9 Å². The fourth-order valence-corrected chi connectivity index (χ4v) is 3.82. The molecule has 2 bridgehead atoms. The van der Waals surface area contributed by atoms with E-state index < -0.39 is 0 Å². The van der Waals surface area contributed by atoms with Crippen molar-refractivity contribution in [3.63, 3.8) is 0 Å². The molecule has 0 spiro atoms. The molecule has 118 valence electrons. The molecular weight excluding hydrogens is 290 g/mol. The summed E-state index contributed by atoms with van der Waals surface area (Å²) in [6.45, 7) is 3.26. The minimum absolute atomic E-state index is 0.0653. The summed E-state index contributed by atoms with van der Waals surface area (Å²) in [5.74, 6) is 0.671.